The number of alkyl halides is 3. The van der Waals surface area contributed by atoms with Crippen molar-refractivity contribution in [3.8, 4) is 5.75 Å². The Hall–Kier alpha value is -3.46. The first-order valence-electron chi connectivity index (χ1n) is 8.82. The Bertz CT molecular complexity index is 1070. The molecule has 10 heteroatoms. The maximum Gasteiger partial charge on any atom is 0.418 e. The number of nitrogens with one attached hydrogen (secondary N) is 1. The van der Waals surface area contributed by atoms with Crippen LogP contribution in [0, 0.1) is 0 Å². The second-order valence-electron chi connectivity index (χ2n) is 6.16. The van der Waals surface area contributed by atoms with E-state index in [2.05, 4.69) is 0 Å². The van der Waals surface area contributed by atoms with Crippen LogP contribution in [0.5, 0.6) is 5.75 Å². The minimum atomic E-state index is -4.73. The zero-order chi connectivity index (χ0) is 22.4. The first-order chi connectivity index (χ1) is 14.8. The number of ether oxygens (including phenoxy) is 2. The van der Waals surface area contributed by atoms with Gasteiger partial charge in [0, 0.05) is 5.56 Å². The summed E-state index contributed by atoms with van der Waals surface area (Å²) < 4.78 is 54.8. The molecule has 0 fully saturated rings. The average Bonchev–Trinajstić information content (AvgIpc) is 3.20. The van der Waals surface area contributed by atoms with Crippen molar-refractivity contribution in [2.75, 3.05) is 11.9 Å². The van der Waals surface area contributed by atoms with Gasteiger partial charge in [-0.15, -0.1) is 0 Å². The van der Waals surface area contributed by atoms with E-state index in [0.29, 0.717) is 11.3 Å². The van der Waals surface area contributed by atoms with Crippen LogP contribution < -0.4 is 10.1 Å². The van der Waals surface area contributed by atoms with Gasteiger partial charge in [0.15, 0.2) is 6.61 Å². The molecule has 1 aromatic heterocycles. The Morgan fingerprint density at radius 3 is 2.48 bits per heavy atom. The molecule has 0 aliphatic carbocycles. The lowest BCUT2D eigenvalue weighted by molar-refractivity contribution is -0.137. The molecule has 1 heterocycles. The molecule has 3 aromatic rings. The van der Waals surface area contributed by atoms with Crippen LogP contribution in [0.15, 0.2) is 65.3 Å². The van der Waals surface area contributed by atoms with Gasteiger partial charge in [0.25, 0.3) is 5.91 Å². The molecule has 1 N–H and O–H groups in total. The quantitative estimate of drug-likeness (QED) is 0.489. The lowest BCUT2D eigenvalue weighted by Crippen LogP contribution is -2.23. The normalized spacial score (nSPS) is 11.1. The van der Waals surface area contributed by atoms with Crippen LogP contribution in [0.3, 0.4) is 0 Å². The highest BCUT2D eigenvalue weighted by Crippen LogP contribution is 2.38. The lowest BCUT2D eigenvalue weighted by Gasteiger charge is -2.15. The number of hydrogen-bond donors (Lipinski definition) is 1. The van der Waals surface area contributed by atoms with Crippen LogP contribution in [0.1, 0.15) is 21.7 Å². The van der Waals surface area contributed by atoms with Crippen LogP contribution in [-0.4, -0.2) is 18.5 Å². The molecule has 31 heavy (non-hydrogen) atoms. The summed E-state index contributed by atoms with van der Waals surface area (Å²) in [5.74, 6) is -1.58. The third-order valence-corrected chi connectivity index (χ3v) is 4.30. The number of amides is 1. The summed E-state index contributed by atoms with van der Waals surface area (Å²) in [6.07, 6.45) is -3.48. The van der Waals surface area contributed by atoms with E-state index in [1.54, 1.807) is 24.3 Å². The molecule has 0 bridgehead atoms. The first-order valence-corrected chi connectivity index (χ1v) is 9.20. The fourth-order valence-electron chi connectivity index (χ4n) is 2.57. The van der Waals surface area contributed by atoms with Gasteiger partial charge >= 0.3 is 12.1 Å². The van der Waals surface area contributed by atoms with Gasteiger partial charge < -0.3 is 19.2 Å². The topological polar surface area (TPSA) is 77.8 Å². The number of rotatable bonds is 7. The van der Waals surface area contributed by atoms with E-state index in [9.17, 15) is 22.8 Å². The standard InChI is InChI=1S/C21H15ClF3NO5/c22-16-8-4-7-15(21(23,24)25)18(16)26-17(27)12-31-20(28)19-13(9-10-29-19)11-30-14-5-2-1-3-6-14/h1-10H,11-12H2,(H,26,27). The fraction of sp³-hybridized carbons (Fsp3) is 0.143. The highest BCUT2D eigenvalue weighted by Gasteiger charge is 2.35. The average molecular weight is 454 g/mol. The first kappa shape index (κ1) is 22.2. The summed E-state index contributed by atoms with van der Waals surface area (Å²) in [6, 6.07) is 13.4. The molecule has 6 nitrogen and oxygen atoms in total. The van der Waals surface area contributed by atoms with Crippen LogP contribution >= 0.6 is 11.6 Å². The van der Waals surface area contributed by atoms with Crippen molar-refractivity contribution in [1.82, 2.24) is 0 Å². The molecule has 0 unspecified atom stereocenters. The number of anilines is 1. The Morgan fingerprint density at radius 1 is 1.03 bits per heavy atom. The van der Waals surface area contributed by atoms with Crippen molar-refractivity contribution in [2.45, 2.75) is 12.8 Å². The number of benzene rings is 2. The Labute approximate surface area is 179 Å². The zero-order valence-corrected chi connectivity index (χ0v) is 16.5. The second-order valence-corrected chi connectivity index (χ2v) is 6.57. The molecule has 0 radical (unpaired) electrons. The molecule has 0 saturated carbocycles. The minimum Gasteiger partial charge on any atom is -0.489 e. The van der Waals surface area contributed by atoms with Gasteiger partial charge in [-0.3, -0.25) is 4.79 Å². The highest BCUT2D eigenvalue weighted by atomic mass is 35.5. The monoisotopic (exact) mass is 453 g/mol. The van der Waals surface area contributed by atoms with E-state index < -0.39 is 35.9 Å². The maximum absolute atomic E-state index is 13.1. The Balaban J connectivity index is 1.60. The summed E-state index contributed by atoms with van der Waals surface area (Å²) in [6.45, 7) is -0.841. The molecule has 0 aliphatic heterocycles. The number of furan rings is 1. The second kappa shape index (κ2) is 9.57. The van der Waals surface area contributed by atoms with Crippen molar-refractivity contribution in [3.05, 3.63) is 82.8 Å². The van der Waals surface area contributed by atoms with Crippen molar-refractivity contribution in [2.24, 2.45) is 0 Å². The van der Waals surface area contributed by atoms with E-state index in [0.717, 1.165) is 12.1 Å². The van der Waals surface area contributed by atoms with Gasteiger partial charge in [-0.1, -0.05) is 35.9 Å². The summed E-state index contributed by atoms with van der Waals surface area (Å²) in [5, 5.41) is 1.72. The number of para-hydroxylation sites is 2. The van der Waals surface area contributed by atoms with E-state index >= 15 is 0 Å². The SMILES string of the molecule is O=C(COC(=O)c1occc1COc1ccccc1)Nc1c(Cl)cccc1C(F)(F)F. The van der Waals surface area contributed by atoms with Gasteiger partial charge in [-0.25, -0.2) is 4.79 Å². The summed E-state index contributed by atoms with van der Waals surface area (Å²) in [7, 11) is 0. The predicted octanol–water partition coefficient (Wildman–Crippen LogP) is 5.33. The third-order valence-electron chi connectivity index (χ3n) is 3.99. The van der Waals surface area contributed by atoms with Gasteiger partial charge in [-0.2, -0.15) is 13.2 Å². The molecule has 0 aliphatic rings. The molecule has 0 spiro atoms. The van der Waals surface area contributed by atoms with Crippen molar-refractivity contribution in [3.63, 3.8) is 0 Å². The van der Waals surface area contributed by atoms with Crippen molar-refractivity contribution >= 4 is 29.2 Å². The lowest BCUT2D eigenvalue weighted by atomic mass is 10.1. The third kappa shape index (κ3) is 5.79. The van der Waals surface area contributed by atoms with Crippen molar-refractivity contribution < 1.29 is 36.7 Å². The van der Waals surface area contributed by atoms with Gasteiger partial charge in [0.2, 0.25) is 5.76 Å². The van der Waals surface area contributed by atoms with Crippen LogP contribution in [0.25, 0.3) is 0 Å². The molecule has 2 aromatic carbocycles. The van der Waals surface area contributed by atoms with Crippen molar-refractivity contribution in [1.29, 1.82) is 0 Å². The van der Waals surface area contributed by atoms with E-state index in [1.165, 1.54) is 18.4 Å². The summed E-state index contributed by atoms with van der Waals surface area (Å²) in [4.78, 5) is 24.3. The number of esters is 1. The number of hydrogen-bond acceptors (Lipinski definition) is 5. The van der Waals surface area contributed by atoms with Crippen LogP contribution in [-0.2, 0) is 22.3 Å². The molecule has 162 valence electrons. The Kier molecular flexibility index (Phi) is 6.86. The van der Waals surface area contributed by atoms with E-state index in [1.807, 2.05) is 11.4 Å². The van der Waals surface area contributed by atoms with Crippen LogP contribution in [0.2, 0.25) is 5.02 Å². The predicted molar refractivity (Wildman–Crippen MR) is 105 cm³/mol. The zero-order valence-electron chi connectivity index (χ0n) is 15.7. The number of carbonyl (C=O) groups is 2. The van der Waals surface area contributed by atoms with Gasteiger partial charge in [0.1, 0.15) is 12.4 Å². The van der Waals surface area contributed by atoms with E-state index in [-0.39, 0.29) is 17.4 Å². The van der Waals surface area contributed by atoms with E-state index in [4.69, 9.17) is 25.5 Å². The highest BCUT2D eigenvalue weighted by molar-refractivity contribution is 6.34. The largest absolute Gasteiger partial charge is 0.489 e. The molecular weight excluding hydrogens is 439 g/mol. The molecule has 0 saturated heterocycles. The number of halogens is 4. The Morgan fingerprint density at radius 2 is 1.77 bits per heavy atom. The summed E-state index contributed by atoms with van der Waals surface area (Å²) in [5.41, 5.74) is -1.36. The molecular formula is C21H15ClF3NO5. The van der Waals surface area contributed by atoms with Gasteiger partial charge in [0.05, 0.1) is 22.5 Å². The minimum absolute atomic E-state index is 0.00566. The van der Waals surface area contributed by atoms with Crippen LogP contribution in [0.4, 0.5) is 18.9 Å². The summed E-state index contributed by atoms with van der Waals surface area (Å²) >= 11 is 5.78. The van der Waals surface area contributed by atoms with Gasteiger partial charge in [-0.05, 0) is 30.3 Å². The molecule has 1 amide bonds. The molecule has 0 atom stereocenters. The number of carbonyl (C=O) groups excluding carboxylic acids is 2. The maximum atomic E-state index is 13.1. The fourth-order valence-corrected chi connectivity index (χ4v) is 2.79. The smallest absolute Gasteiger partial charge is 0.418 e. The molecule has 3 rings (SSSR count).